The highest BCUT2D eigenvalue weighted by molar-refractivity contribution is 7.99. The summed E-state index contributed by atoms with van der Waals surface area (Å²) in [6.07, 6.45) is -2.15. The molecule has 0 aliphatic rings. The Hall–Kier alpha value is -2.96. The van der Waals surface area contributed by atoms with Gasteiger partial charge in [-0.15, -0.1) is 23.1 Å². The lowest BCUT2D eigenvalue weighted by Crippen LogP contribution is -2.17. The van der Waals surface area contributed by atoms with Crippen LogP contribution in [-0.4, -0.2) is 20.3 Å². The summed E-state index contributed by atoms with van der Waals surface area (Å²) < 4.78 is 28.9. The van der Waals surface area contributed by atoms with E-state index in [2.05, 4.69) is 9.97 Å². The molecule has 0 bridgehead atoms. The molecule has 0 amide bonds. The Bertz CT molecular complexity index is 1330. The molecule has 5 nitrogen and oxygen atoms in total. The molecule has 0 unspecified atom stereocenters. The van der Waals surface area contributed by atoms with Crippen molar-refractivity contribution in [1.82, 2.24) is 14.5 Å². The van der Waals surface area contributed by atoms with Crippen LogP contribution in [0.15, 0.2) is 52.3 Å². The van der Waals surface area contributed by atoms with Crippen molar-refractivity contribution in [2.45, 2.75) is 31.3 Å². The molecule has 0 fully saturated rings. The number of H-pyrrole nitrogens is 1. The van der Waals surface area contributed by atoms with Crippen LogP contribution < -0.4 is 5.69 Å². The van der Waals surface area contributed by atoms with Gasteiger partial charge < -0.3 is 4.98 Å². The van der Waals surface area contributed by atoms with Gasteiger partial charge >= 0.3 is 5.69 Å². The lowest BCUT2D eigenvalue weighted by atomic mass is 10.1. The van der Waals surface area contributed by atoms with Crippen LogP contribution >= 0.6 is 23.1 Å². The Morgan fingerprint density at radius 3 is 2.81 bits per heavy atom. The minimum absolute atomic E-state index is 0.0821. The minimum Gasteiger partial charge on any atom is -0.306 e. The van der Waals surface area contributed by atoms with Gasteiger partial charge in [0.2, 0.25) is 0 Å². The maximum atomic E-state index is 13.6. The predicted molar refractivity (Wildman–Crippen MR) is 120 cm³/mol. The van der Waals surface area contributed by atoms with Crippen LogP contribution in [0, 0.1) is 18.3 Å². The number of imidazole rings is 1. The maximum Gasteiger partial charge on any atom is 0.326 e. The fourth-order valence-electron chi connectivity index (χ4n) is 3.35. The second kappa shape index (κ2) is 9.04. The number of pyridine rings is 1. The number of aromatic nitrogens is 3. The van der Waals surface area contributed by atoms with Gasteiger partial charge in [-0.1, -0.05) is 12.1 Å². The summed E-state index contributed by atoms with van der Waals surface area (Å²) in [6, 6.07) is 14.4. The topological polar surface area (TPSA) is 74.5 Å². The van der Waals surface area contributed by atoms with E-state index in [0.29, 0.717) is 29.4 Å². The summed E-state index contributed by atoms with van der Waals surface area (Å²) in [5, 5.41) is 9.79. The van der Waals surface area contributed by atoms with Gasteiger partial charge in [-0.3, -0.25) is 4.57 Å². The van der Waals surface area contributed by atoms with Crippen molar-refractivity contribution >= 4 is 34.1 Å². The normalized spacial score (nSPS) is 11.3. The first-order valence-electron chi connectivity index (χ1n) is 9.58. The third kappa shape index (κ3) is 4.40. The highest BCUT2D eigenvalue weighted by atomic mass is 32.2. The molecule has 0 aliphatic carbocycles. The molecule has 1 aromatic carbocycles. The number of nitrogens with zero attached hydrogens (tertiary/aromatic N) is 3. The van der Waals surface area contributed by atoms with Crippen molar-refractivity contribution in [1.29, 1.82) is 5.26 Å². The summed E-state index contributed by atoms with van der Waals surface area (Å²) in [5.74, 6) is 0.531. The van der Waals surface area contributed by atoms with Crippen molar-refractivity contribution in [3.05, 3.63) is 69.0 Å². The van der Waals surface area contributed by atoms with Gasteiger partial charge in [-0.2, -0.15) is 5.26 Å². The number of fused-ring (bicyclic) bond motifs is 1. The average molecular weight is 457 g/mol. The van der Waals surface area contributed by atoms with E-state index in [-0.39, 0.29) is 16.8 Å². The largest absolute Gasteiger partial charge is 0.326 e. The molecule has 3 heterocycles. The van der Waals surface area contributed by atoms with E-state index in [1.54, 1.807) is 4.57 Å². The molecule has 0 saturated carbocycles. The summed E-state index contributed by atoms with van der Waals surface area (Å²) in [4.78, 5) is 21.4. The van der Waals surface area contributed by atoms with Gasteiger partial charge in [0.1, 0.15) is 11.1 Å². The van der Waals surface area contributed by atoms with Gasteiger partial charge in [-0.05, 0) is 43.7 Å². The predicted octanol–water partition coefficient (Wildman–Crippen LogP) is 5.75. The van der Waals surface area contributed by atoms with Crippen molar-refractivity contribution in [2.75, 3.05) is 5.75 Å². The number of aromatic amines is 1. The number of hydrogen-bond acceptors (Lipinski definition) is 5. The molecule has 0 spiro atoms. The van der Waals surface area contributed by atoms with Crippen molar-refractivity contribution < 1.29 is 8.78 Å². The number of aryl methyl sites for hydroxylation is 2. The van der Waals surface area contributed by atoms with Crippen LogP contribution in [0.5, 0.6) is 0 Å². The molecule has 1 N–H and O–H groups in total. The zero-order chi connectivity index (χ0) is 22.0. The number of thioether (sulfide) groups is 1. The molecule has 0 aliphatic heterocycles. The fraction of sp³-hybridized carbons (Fsp3) is 0.227. The molecular formula is C22H18F2N4OS2. The first-order valence-corrected chi connectivity index (χ1v) is 11.4. The van der Waals surface area contributed by atoms with E-state index in [0.717, 1.165) is 20.8 Å². The number of rotatable bonds is 7. The number of hydrogen-bond donors (Lipinski definition) is 1. The van der Waals surface area contributed by atoms with Gasteiger partial charge in [0, 0.05) is 22.7 Å². The Morgan fingerprint density at radius 1 is 1.29 bits per heavy atom. The summed E-state index contributed by atoms with van der Waals surface area (Å²) in [7, 11) is 0. The van der Waals surface area contributed by atoms with Crippen molar-refractivity contribution in [3.63, 3.8) is 0 Å². The summed E-state index contributed by atoms with van der Waals surface area (Å²) in [5.41, 5.74) is 1.48. The van der Waals surface area contributed by atoms with Gasteiger partial charge in [0.05, 0.1) is 27.2 Å². The minimum atomic E-state index is -2.76. The third-order valence-corrected chi connectivity index (χ3v) is 6.89. The summed E-state index contributed by atoms with van der Waals surface area (Å²) in [6.45, 7) is 2.41. The number of alkyl halides is 2. The van der Waals surface area contributed by atoms with Crippen LogP contribution in [0.2, 0.25) is 0 Å². The number of para-hydroxylation sites is 2. The first-order chi connectivity index (χ1) is 15.0. The molecule has 158 valence electrons. The molecule has 31 heavy (non-hydrogen) atoms. The molecule has 3 aromatic heterocycles. The smallest absolute Gasteiger partial charge is 0.306 e. The van der Waals surface area contributed by atoms with Crippen LogP contribution in [0.25, 0.3) is 21.6 Å². The Morgan fingerprint density at radius 2 is 2.10 bits per heavy atom. The van der Waals surface area contributed by atoms with Gasteiger partial charge in [0.15, 0.2) is 0 Å². The number of nitrogens with one attached hydrogen (secondary N) is 1. The van der Waals surface area contributed by atoms with E-state index in [1.165, 1.54) is 29.2 Å². The van der Waals surface area contributed by atoms with E-state index < -0.39 is 6.43 Å². The number of thiophene rings is 1. The SMILES string of the molecule is Cc1ccc(-c2cc(C(F)F)c(C#N)c(SCCCn3c(=O)[nH]c4ccccc43)n2)s1. The number of nitriles is 1. The van der Waals surface area contributed by atoms with Gasteiger partial charge in [-0.25, -0.2) is 18.6 Å². The molecule has 0 saturated heterocycles. The monoisotopic (exact) mass is 456 g/mol. The molecule has 9 heteroatoms. The third-order valence-electron chi connectivity index (χ3n) is 4.80. The average Bonchev–Trinajstić information content (AvgIpc) is 3.33. The van der Waals surface area contributed by atoms with E-state index in [4.69, 9.17) is 0 Å². The molecule has 4 rings (SSSR count). The molecule has 0 radical (unpaired) electrons. The highest BCUT2D eigenvalue weighted by Gasteiger charge is 2.21. The van der Waals surface area contributed by atoms with Gasteiger partial charge in [0.25, 0.3) is 6.43 Å². The molecule has 0 atom stereocenters. The Kier molecular flexibility index (Phi) is 6.20. The van der Waals surface area contributed by atoms with Crippen LogP contribution in [0.3, 0.4) is 0 Å². The Balaban J connectivity index is 1.56. The first kappa shape index (κ1) is 21.3. The van der Waals surface area contributed by atoms with Crippen LogP contribution in [-0.2, 0) is 6.54 Å². The van der Waals surface area contributed by atoms with E-state index >= 15 is 0 Å². The summed E-state index contributed by atoms with van der Waals surface area (Å²) >= 11 is 2.74. The number of halogens is 2. The fourth-order valence-corrected chi connectivity index (χ4v) is 5.11. The second-order valence-corrected chi connectivity index (χ2v) is 9.27. The molecule has 4 aromatic rings. The molecular weight excluding hydrogens is 438 g/mol. The van der Waals surface area contributed by atoms with Crippen LogP contribution in [0.4, 0.5) is 8.78 Å². The van der Waals surface area contributed by atoms with E-state index in [9.17, 15) is 18.8 Å². The number of benzene rings is 1. The zero-order valence-corrected chi connectivity index (χ0v) is 18.2. The standard InChI is InChI=1S/C22H18F2N4OS2/c1-13-7-8-19(31-13)17-11-14(20(23)24)15(12-25)21(26-17)30-10-4-9-28-18-6-3-2-5-16(18)27-22(28)29/h2-3,5-8,11,20H,4,9-10H2,1H3,(H,27,29). The van der Waals surface area contributed by atoms with E-state index in [1.807, 2.05) is 49.4 Å². The lowest BCUT2D eigenvalue weighted by Gasteiger charge is -2.11. The second-order valence-electron chi connectivity index (χ2n) is 6.90. The maximum absolute atomic E-state index is 13.6. The Labute approximate surface area is 185 Å². The zero-order valence-electron chi connectivity index (χ0n) is 16.6. The highest BCUT2D eigenvalue weighted by Crippen LogP contribution is 2.35. The lowest BCUT2D eigenvalue weighted by molar-refractivity contribution is 0.150. The van der Waals surface area contributed by atoms with Crippen molar-refractivity contribution in [2.24, 2.45) is 0 Å². The van der Waals surface area contributed by atoms with Crippen molar-refractivity contribution in [3.8, 4) is 16.6 Å². The van der Waals surface area contributed by atoms with Crippen LogP contribution in [0.1, 0.15) is 28.9 Å². The quantitative estimate of drug-likeness (QED) is 0.284.